The quantitative estimate of drug-likeness (QED) is 0.551. The molecule has 0 heteroatoms. The third kappa shape index (κ3) is 4.13. The highest BCUT2D eigenvalue weighted by Gasteiger charge is 2.19. The molecule has 0 aromatic heterocycles. The van der Waals surface area contributed by atoms with E-state index < -0.39 is 0 Å². The summed E-state index contributed by atoms with van der Waals surface area (Å²) >= 11 is 0. The minimum Gasteiger partial charge on any atom is -0.0651 e. The van der Waals surface area contributed by atoms with E-state index in [1.165, 1.54) is 25.7 Å². The van der Waals surface area contributed by atoms with E-state index in [2.05, 4.69) is 34.6 Å². The molecule has 1 radical (unpaired) electrons. The molecule has 0 heterocycles. The Kier molecular flexibility index (Phi) is 5.61. The van der Waals surface area contributed by atoms with E-state index in [9.17, 15) is 0 Å². The summed E-state index contributed by atoms with van der Waals surface area (Å²) in [5, 5.41) is 0. The molecule has 0 nitrogen and oxygen atoms in total. The van der Waals surface area contributed by atoms with Gasteiger partial charge in [-0.15, -0.1) is 0 Å². The minimum absolute atomic E-state index is 0.503. The van der Waals surface area contributed by atoms with Gasteiger partial charge in [0.1, 0.15) is 0 Å². The molecule has 0 spiro atoms. The normalized spacial score (nSPS) is 14.8. The van der Waals surface area contributed by atoms with Crippen molar-refractivity contribution >= 4 is 0 Å². The Morgan fingerprint density at radius 1 is 1.33 bits per heavy atom. The maximum absolute atomic E-state index is 4.03. The summed E-state index contributed by atoms with van der Waals surface area (Å²) in [7, 11) is 0. The van der Waals surface area contributed by atoms with Crippen LogP contribution in [0.5, 0.6) is 0 Å². The first kappa shape index (κ1) is 12.0. The van der Waals surface area contributed by atoms with Crippen LogP contribution in [0.2, 0.25) is 0 Å². The minimum atomic E-state index is 0.503. The van der Waals surface area contributed by atoms with Crippen LogP contribution in [0.15, 0.2) is 0 Å². The maximum atomic E-state index is 4.03. The third-order valence-corrected chi connectivity index (χ3v) is 3.39. The van der Waals surface area contributed by atoms with Gasteiger partial charge in [-0.2, -0.15) is 0 Å². The molecule has 0 amide bonds. The first-order chi connectivity index (χ1) is 5.58. The van der Waals surface area contributed by atoms with Crippen LogP contribution in [-0.4, -0.2) is 0 Å². The third-order valence-electron chi connectivity index (χ3n) is 3.39. The molecule has 0 saturated carbocycles. The molecular weight excluding hydrogens is 144 g/mol. The fourth-order valence-electron chi connectivity index (χ4n) is 1.28. The predicted molar refractivity (Wildman–Crippen MR) is 57.1 cm³/mol. The Morgan fingerprint density at radius 3 is 2.25 bits per heavy atom. The van der Waals surface area contributed by atoms with Gasteiger partial charge in [-0.1, -0.05) is 53.9 Å². The van der Waals surface area contributed by atoms with Crippen LogP contribution in [0.4, 0.5) is 0 Å². The zero-order valence-corrected chi connectivity index (χ0v) is 9.32. The van der Waals surface area contributed by atoms with Gasteiger partial charge in [0.15, 0.2) is 0 Å². The zero-order chi connectivity index (χ0) is 9.61. The molecule has 2 unspecified atom stereocenters. The van der Waals surface area contributed by atoms with Crippen LogP contribution in [0, 0.1) is 18.3 Å². The van der Waals surface area contributed by atoms with Gasteiger partial charge in [0.05, 0.1) is 0 Å². The molecule has 0 aromatic carbocycles. The van der Waals surface area contributed by atoms with Crippen molar-refractivity contribution in [2.24, 2.45) is 11.3 Å². The summed E-state index contributed by atoms with van der Waals surface area (Å²) in [5.41, 5.74) is 0.503. The van der Waals surface area contributed by atoms with Gasteiger partial charge in [-0.25, -0.2) is 0 Å². The Balaban J connectivity index is 3.72. The topological polar surface area (TPSA) is 0 Å². The summed E-state index contributed by atoms with van der Waals surface area (Å²) in [4.78, 5) is 0. The molecule has 0 aromatic rings. The van der Waals surface area contributed by atoms with Crippen LogP contribution < -0.4 is 0 Å². The Morgan fingerprint density at radius 2 is 1.92 bits per heavy atom. The predicted octanol–water partition coefficient (Wildman–Crippen LogP) is 4.45. The van der Waals surface area contributed by atoms with E-state index in [1.807, 2.05) is 0 Å². The Bertz CT molecular complexity index is 101. The van der Waals surface area contributed by atoms with E-state index >= 15 is 0 Å². The molecule has 0 fully saturated rings. The summed E-state index contributed by atoms with van der Waals surface area (Å²) in [6.07, 6.45) is 6.39. The molecule has 12 heavy (non-hydrogen) atoms. The number of hydrogen-bond donors (Lipinski definition) is 0. The zero-order valence-electron chi connectivity index (χ0n) is 9.32. The fourth-order valence-corrected chi connectivity index (χ4v) is 1.28. The first-order valence-corrected chi connectivity index (χ1v) is 5.37. The number of rotatable bonds is 6. The molecule has 73 valence electrons. The van der Waals surface area contributed by atoms with Crippen molar-refractivity contribution in [2.75, 3.05) is 0 Å². The molecule has 0 saturated heterocycles. The summed E-state index contributed by atoms with van der Waals surface area (Å²) in [6.45, 7) is 13.3. The van der Waals surface area contributed by atoms with E-state index in [-0.39, 0.29) is 0 Å². The molecule has 0 aliphatic heterocycles. The van der Waals surface area contributed by atoms with Crippen molar-refractivity contribution in [1.29, 1.82) is 0 Å². The van der Waals surface area contributed by atoms with Gasteiger partial charge < -0.3 is 0 Å². The van der Waals surface area contributed by atoms with Crippen molar-refractivity contribution in [3.05, 3.63) is 6.92 Å². The van der Waals surface area contributed by atoms with Crippen molar-refractivity contribution in [3.8, 4) is 0 Å². The lowest BCUT2D eigenvalue weighted by Crippen LogP contribution is -2.15. The van der Waals surface area contributed by atoms with Gasteiger partial charge in [-0.05, 0) is 24.2 Å². The smallest absolute Gasteiger partial charge is 0.0328 e. The van der Waals surface area contributed by atoms with Crippen LogP contribution in [0.3, 0.4) is 0 Å². The molecule has 2 atom stereocenters. The first-order valence-electron chi connectivity index (χ1n) is 5.37. The molecular formula is C12H25. The maximum Gasteiger partial charge on any atom is -0.0328 e. The fraction of sp³-hybridized carbons (Fsp3) is 0.917. The van der Waals surface area contributed by atoms with Gasteiger partial charge >= 0.3 is 0 Å². The Labute approximate surface area is 78.8 Å². The number of hydrogen-bond acceptors (Lipinski definition) is 0. The SMILES string of the molecule is [CH2]CC(C)(CC)CCC(C)CC. The van der Waals surface area contributed by atoms with Gasteiger partial charge in [-0.3, -0.25) is 0 Å². The second kappa shape index (κ2) is 5.61. The van der Waals surface area contributed by atoms with Crippen LogP contribution in [0.25, 0.3) is 0 Å². The second-order valence-corrected chi connectivity index (χ2v) is 4.47. The standard InChI is InChI=1S/C12H25/c1-6-11(4)9-10-12(5,7-2)8-3/h11H,2,6-10H2,1,3-5H3. The average molecular weight is 169 g/mol. The lowest BCUT2D eigenvalue weighted by Gasteiger charge is -2.27. The average Bonchev–Trinajstić information content (AvgIpc) is 2.13. The van der Waals surface area contributed by atoms with Gasteiger partial charge in [0.2, 0.25) is 0 Å². The van der Waals surface area contributed by atoms with Crippen molar-refractivity contribution < 1.29 is 0 Å². The molecule has 0 rings (SSSR count). The largest absolute Gasteiger partial charge is 0.0651 e. The second-order valence-electron chi connectivity index (χ2n) is 4.47. The van der Waals surface area contributed by atoms with Gasteiger partial charge in [0.25, 0.3) is 0 Å². The van der Waals surface area contributed by atoms with E-state index in [4.69, 9.17) is 0 Å². The van der Waals surface area contributed by atoms with E-state index in [0.29, 0.717) is 5.41 Å². The van der Waals surface area contributed by atoms with E-state index in [0.717, 1.165) is 12.3 Å². The monoisotopic (exact) mass is 169 g/mol. The van der Waals surface area contributed by atoms with Crippen LogP contribution in [0.1, 0.15) is 59.8 Å². The summed E-state index contributed by atoms with van der Waals surface area (Å²) in [6, 6.07) is 0. The van der Waals surface area contributed by atoms with Crippen molar-refractivity contribution in [3.63, 3.8) is 0 Å². The summed E-state index contributed by atoms with van der Waals surface area (Å²) in [5.74, 6) is 0.891. The van der Waals surface area contributed by atoms with Gasteiger partial charge in [0, 0.05) is 0 Å². The molecule has 0 aliphatic carbocycles. The summed E-state index contributed by atoms with van der Waals surface area (Å²) < 4.78 is 0. The van der Waals surface area contributed by atoms with E-state index in [1.54, 1.807) is 0 Å². The Hall–Kier alpha value is 0. The highest BCUT2D eigenvalue weighted by Crippen LogP contribution is 2.32. The molecule has 0 bridgehead atoms. The molecule has 0 N–H and O–H groups in total. The van der Waals surface area contributed by atoms with Crippen molar-refractivity contribution in [1.82, 2.24) is 0 Å². The van der Waals surface area contributed by atoms with Crippen LogP contribution >= 0.6 is 0 Å². The highest BCUT2D eigenvalue weighted by atomic mass is 14.2. The van der Waals surface area contributed by atoms with Crippen molar-refractivity contribution in [2.45, 2.75) is 59.8 Å². The lowest BCUT2D eigenvalue weighted by atomic mass is 9.78. The highest BCUT2D eigenvalue weighted by molar-refractivity contribution is 4.74. The van der Waals surface area contributed by atoms with Crippen LogP contribution in [-0.2, 0) is 0 Å². The lowest BCUT2D eigenvalue weighted by molar-refractivity contribution is 0.258. The molecule has 0 aliphatic rings.